The highest BCUT2D eigenvalue weighted by molar-refractivity contribution is 6.30. The lowest BCUT2D eigenvalue weighted by Crippen LogP contribution is -1.95. The number of aromatic nitrogens is 2. The van der Waals surface area contributed by atoms with E-state index in [0.717, 1.165) is 72.3 Å². The third-order valence-electron chi connectivity index (χ3n) is 10.8. The van der Waals surface area contributed by atoms with Crippen LogP contribution < -0.4 is 0 Å². The lowest BCUT2D eigenvalue weighted by molar-refractivity contribution is 0.670. The van der Waals surface area contributed by atoms with Gasteiger partial charge in [0.05, 0.1) is 22.4 Å². The molecule has 0 bridgehead atoms. The van der Waals surface area contributed by atoms with Gasteiger partial charge in [-0.2, -0.15) is 0 Å². The van der Waals surface area contributed by atoms with Crippen LogP contribution in [0.2, 0.25) is 0 Å². The minimum absolute atomic E-state index is 0.873. The van der Waals surface area contributed by atoms with E-state index in [4.69, 9.17) is 9.40 Å². The maximum Gasteiger partial charge on any atom is 0.144 e. The van der Waals surface area contributed by atoms with E-state index in [0.29, 0.717) is 0 Å². The van der Waals surface area contributed by atoms with E-state index in [1.165, 1.54) is 32.7 Å². The summed E-state index contributed by atoms with van der Waals surface area (Å²) in [6, 6.07) is 69.0. The minimum Gasteiger partial charge on any atom is -0.455 e. The van der Waals surface area contributed by atoms with Gasteiger partial charge in [-0.15, -0.1) is 0 Å². The summed E-state index contributed by atoms with van der Waals surface area (Å²) in [5.74, 6) is 0. The van der Waals surface area contributed by atoms with Crippen LogP contribution >= 0.6 is 0 Å². The second-order valence-electron chi connectivity index (χ2n) is 13.9. The minimum atomic E-state index is 0.873. The number of benzene rings is 8. The molecule has 11 aromatic rings. The van der Waals surface area contributed by atoms with Gasteiger partial charge < -0.3 is 8.98 Å². The Morgan fingerprint density at radius 3 is 1.76 bits per heavy atom. The van der Waals surface area contributed by atoms with E-state index < -0.39 is 0 Å². The predicted molar refractivity (Wildman–Crippen MR) is 225 cm³/mol. The molecule has 0 atom stereocenters. The number of para-hydroxylation sites is 2. The molecular formula is C51H32N2O. The molecule has 0 amide bonds. The monoisotopic (exact) mass is 688 g/mol. The molecule has 3 nitrogen and oxygen atoms in total. The van der Waals surface area contributed by atoms with Crippen LogP contribution in [0, 0.1) is 0 Å². The summed E-state index contributed by atoms with van der Waals surface area (Å²) in [5, 5.41) is 7.05. The molecule has 3 heterocycles. The van der Waals surface area contributed by atoms with E-state index in [9.17, 15) is 0 Å². The third-order valence-corrected chi connectivity index (χ3v) is 10.8. The fourth-order valence-corrected chi connectivity index (χ4v) is 8.21. The van der Waals surface area contributed by atoms with E-state index in [1.807, 2.05) is 6.07 Å². The Hall–Kier alpha value is -7.23. The number of fused-ring (bicyclic) bond motifs is 8. The molecule has 11 rings (SSSR count). The van der Waals surface area contributed by atoms with Crippen LogP contribution in [0.1, 0.15) is 0 Å². The zero-order chi connectivity index (χ0) is 35.6. The van der Waals surface area contributed by atoms with Crippen molar-refractivity contribution in [1.29, 1.82) is 0 Å². The SMILES string of the molecule is c1ccc(-c2ccc(-c3cc(-c4cc5c(c6ccccc6n5-c5ccc6ccccc6c5)c5c4oc4ccccc45)cc(-c4ccccc4)n3)cc2)cc1. The molecule has 3 heteroatoms. The number of furan rings is 1. The average Bonchev–Trinajstić information content (AvgIpc) is 3.80. The average molecular weight is 689 g/mol. The van der Waals surface area contributed by atoms with Crippen molar-refractivity contribution in [3.63, 3.8) is 0 Å². The Bertz CT molecular complexity index is 3190. The highest BCUT2D eigenvalue weighted by Gasteiger charge is 2.23. The molecule has 0 N–H and O–H groups in total. The zero-order valence-corrected chi connectivity index (χ0v) is 29.3. The summed E-state index contributed by atoms with van der Waals surface area (Å²) in [4.78, 5) is 5.28. The molecule has 0 saturated heterocycles. The van der Waals surface area contributed by atoms with Crippen molar-refractivity contribution < 1.29 is 4.42 Å². The van der Waals surface area contributed by atoms with Crippen molar-refractivity contribution >= 4 is 54.5 Å². The van der Waals surface area contributed by atoms with Gasteiger partial charge >= 0.3 is 0 Å². The molecule has 54 heavy (non-hydrogen) atoms. The van der Waals surface area contributed by atoms with Crippen LogP contribution in [-0.4, -0.2) is 9.55 Å². The van der Waals surface area contributed by atoms with Gasteiger partial charge in [0.25, 0.3) is 0 Å². The molecule has 252 valence electrons. The van der Waals surface area contributed by atoms with Crippen LogP contribution in [0.3, 0.4) is 0 Å². The Morgan fingerprint density at radius 1 is 0.389 bits per heavy atom. The highest BCUT2D eigenvalue weighted by atomic mass is 16.3. The normalized spacial score (nSPS) is 11.7. The van der Waals surface area contributed by atoms with Gasteiger partial charge in [-0.05, 0) is 69.9 Å². The lowest BCUT2D eigenvalue weighted by Gasteiger charge is -2.13. The standard InChI is InChI=1S/C51H32N2O/c1-3-13-33(14-4-1)35-23-25-37(26-24-35)45-31-39(30-44(52-45)36-16-5-2-6-17-36)43-32-47-49(50-42-20-10-12-22-48(42)54-51(43)50)41-19-9-11-21-46(41)53(47)40-28-27-34-15-7-8-18-38(34)29-40/h1-32H. The van der Waals surface area contributed by atoms with Gasteiger partial charge in [-0.1, -0.05) is 152 Å². The number of nitrogens with zero attached hydrogens (tertiary/aromatic N) is 2. The maximum atomic E-state index is 6.89. The summed E-state index contributed by atoms with van der Waals surface area (Å²) >= 11 is 0. The molecule has 0 saturated carbocycles. The second kappa shape index (κ2) is 12.2. The van der Waals surface area contributed by atoms with Gasteiger partial charge in [0.2, 0.25) is 0 Å². The van der Waals surface area contributed by atoms with Crippen molar-refractivity contribution in [2.24, 2.45) is 0 Å². The summed E-state index contributed by atoms with van der Waals surface area (Å²) < 4.78 is 9.31. The van der Waals surface area contributed by atoms with Crippen LogP contribution in [0.4, 0.5) is 0 Å². The topological polar surface area (TPSA) is 31.0 Å². The molecule has 0 fully saturated rings. The fourth-order valence-electron chi connectivity index (χ4n) is 8.21. The van der Waals surface area contributed by atoms with E-state index >= 15 is 0 Å². The molecular weight excluding hydrogens is 657 g/mol. The smallest absolute Gasteiger partial charge is 0.144 e. The van der Waals surface area contributed by atoms with Crippen molar-refractivity contribution in [2.45, 2.75) is 0 Å². The first kappa shape index (κ1) is 30.4. The molecule has 0 aliphatic heterocycles. The summed E-state index contributed by atoms with van der Waals surface area (Å²) in [6.45, 7) is 0. The van der Waals surface area contributed by atoms with Gasteiger partial charge in [0, 0.05) is 43.9 Å². The number of rotatable bonds is 5. The number of hydrogen-bond donors (Lipinski definition) is 0. The molecule has 3 aromatic heterocycles. The maximum absolute atomic E-state index is 6.89. The Morgan fingerprint density at radius 2 is 0.981 bits per heavy atom. The van der Waals surface area contributed by atoms with E-state index in [1.54, 1.807) is 0 Å². The quantitative estimate of drug-likeness (QED) is 0.180. The summed E-state index contributed by atoms with van der Waals surface area (Å²) in [6.07, 6.45) is 0. The number of hydrogen-bond acceptors (Lipinski definition) is 2. The number of pyridine rings is 1. The van der Waals surface area contributed by atoms with E-state index in [-0.39, 0.29) is 0 Å². The first-order valence-electron chi connectivity index (χ1n) is 18.4. The zero-order valence-electron chi connectivity index (χ0n) is 29.3. The highest BCUT2D eigenvalue weighted by Crippen LogP contribution is 2.46. The summed E-state index contributed by atoms with van der Waals surface area (Å²) in [7, 11) is 0. The van der Waals surface area contributed by atoms with Crippen molar-refractivity contribution in [2.75, 3.05) is 0 Å². The second-order valence-corrected chi connectivity index (χ2v) is 13.9. The van der Waals surface area contributed by atoms with Crippen LogP contribution in [0.15, 0.2) is 199 Å². The van der Waals surface area contributed by atoms with Crippen molar-refractivity contribution in [3.8, 4) is 50.5 Å². The van der Waals surface area contributed by atoms with Crippen LogP contribution in [-0.2, 0) is 0 Å². The molecule has 0 aliphatic rings. The first-order valence-corrected chi connectivity index (χ1v) is 18.4. The van der Waals surface area contributed by atoms with Crippen LogP contribution in [0.5, 0.6) is 0 Å². The lowest BCUT2D eigenvalue weighted by atomic mass is 9.95. The van der Waals surface area contributed by atoms with E-state index in [2.05, 4.69) is 193 Å². The Balaban J connectivity index is 1.22. The Labute approximate surface area is 312 Å². The molecule has 0 spiro atoms. The predicted octanol–water partition coefficient (Wildman–Crippen LogP) is 13.9. The summed E-state index contributed by atoms with van der Waals surface area (Å²) in [5.41, 5.74) is 13.5. The molecule has 8 aromatic carbocycles. The van der Waals surface area contributed by atoms with Gasteiger partial charge in [0.15, 0.2) is 0 Å². The molecule has 0 radical (unpaired) electrons. The van der Waals surface area contributed by atoms with Gasteiger partial charge in [-0.25, -0.2) is 4.98 Å². The van der Waals surface area contributed by atoms with Crippen molar-refractivity contribution in [3.05, 3.63) is 194 Å². The molecule has 0 unspecified atom stereocenters. The van der Waals surface area contributed by atoms with Gasteiger partial charge in [-0.3, -0.25) is 0 Å². The first-order chi connectivity index (χ1) is 26.8. The molecule has 0 aliphatic carbocycles. The largest absolute Gasteiger partial charge is 0.455 e. The van der Waals surface area contributed by atoms with Crippen LogP contribution in [0.25, 0.3) is 105 Å². The fraction of sp³-hybridized carbons (Fsp3) is 0. The van der Waals surface area contributed by atoms with Crippen molar-refractivity contribution in [1.82, 2.24) is 9.55 Å². The third kappa shape index (κ3) is 4.87. The Kier molecular flexibility index (Phi) is 6.86. The van der Waals surface area contributed by atoms with Gasteiger partial charge in [0.1, 0.15) is 11.2 Å².